The summed E-state index contributed by atoms with van der Waals surface area (Å²) in [7, 11) is -2.22. The van der Waals surface area contributed by atoms with Gasteiger partial charge in [0, 0.05) is 12.5 Å². The number of carbonyl (C=O) groups is 1. The summed E-state index contributed by atoms with van der Waals surface area (Å²) < 4.78 is 74.0. The highest BCUT2D eigenvalue weighted by Gasteiger charge is 2.26. The number of aromatic amines is 1. The van der Waals surface area contributed by atoms with E-state index in [2.05, 4.69) is 9.71 Å². The first-order valence-corrected chi connectivity index (χ1v) is 11.5. The van der Waals surface area contributed by atoms with Crippen LogP contribution in [0.3, 0.4) is 0 Å². The maximum atomic E-state index is 14.3. The lowest BCUT2D eigenvalue weighted by Gasteiger charge is -2.10. The van der Waals surface area contributed by atoms with Crippen LogP contribution in [-0.2, 0) is 22.1 Å². The summed E-state index contributed by atoms with van der Waals surface area (Å²) in [5.74, 6) is -2.92. The molecule has 2 aromatic heterocycles. The number of halogens is 5. The summed E-state index contributed by atoms with van der Waals surface area (Å²) in [4.78, 5) is 14.9. The molecule has 1 atom stereocenters. The summed E-state index contributed by atoms with van der Waals surface area (Å²) in [6.07, 6.45) is -3.80. The van der Waals surface area contributed by atoms with E-state index in [1.165, 1.54) is 6.07 Å². The topological polar surface area (TPSA) is 71.2 Å². The molecule has 170 valence electrons. The number of anilines is 1. The summed E-state index contributed by atoms with van der Waals surface area (Å²) >= 11 is 6.98. The zero-order valence-electron chi connectivity index (χ0n) is 16.7. The Hall–Kier alpha value is -2.11. The molecule has 0 aliphatic rings. The summed E-state index contributed by atoms with van der Waals surface area (Å²) in [5, 5.41) is 0. The molecule has 2 heterocycles. The third-order valence-electron chi connectivity index (χ3n) is 3.77. The van der Waals surface area contributed by atoms with Crippen LogP contribution in [-0.4, -0.2) is 28.2 Å². The molecular formula is C19H19ClF4N2O3S2. The van der Waals surface area contributed by atoms with Gasteiger partial charge in [0.25, 0.3) is 0 Å². The number of alkyl halides is 2. The van der Waals surface area contributed by atoms with Gasteiger partial charge in [-0.05, 0) is 24.6 Å². The highest BCUT2D eigenvalue weighted by atomic mass is 35.5. The number of nitrogens with one attached hydrogen (secondary N) is 2. The van der Waals surface area contributed by atoms with Crippen molar-refractivity contribution in [3.63, 3.8) is 0 Å². The Morgan fingerprint density at radius 3 is 2.55 bits per heavy atom. The lowest BCUT2D eigenvalue weighted by Crippen LogP contribution is -2.13. The quantitative estimate of drug-likeness (QED) is 0.296. The molecule has 0 saturated carbocycles. The second kappa shape index (κ2) is 11.0. The Morgan fingerprint density at radius 2 is 1.94 bits per heavy atom. The van der Waals surface area contributed by atoms with Crippen LogP contribution in [0.4, 0.5) is 23.2 Å². The Balaban J connectivity index is 0.00000166. The molecule has 0 saturated heterocycles. The van der Waals surface area contributed by atoms with E-state index in [0.29, 0.717) is 26.7 Å². The maximum absolute atomic E-state index is 14.3. The van der Waals surface area contributed by atoms with Crippen LogP contribution < -0.4 is 4.72 Å². The van der Waals surface area contributed by atoms with Crippen molar-refractivity contribution in [1.29, 1.82) is 0 Å². The number of ether oxygens (including phenoxy) is 1. The highest BCUT2D eigenvalue weighted by molar-refractivity contribution is 7.87. The van der Waals surface area contributed by atoms with Gasteiger partial charge in [0.1, 0.15) is 22.2 Å². The fourth-order valence-corrected chi connectivity index (χ4v) is 5.13. The van der Waals surface area contributed by atoms with Gasteiger partial charge < -0.3 is 9.72 Å². The first-order valence-electron chi connectivity index (χ1n) is 9.13. The van der Waals surface area contributed by atoms with Crippen molar-refractivity contribution in [2.24, 2.45) is 0 Å². The zero-order chi connectivity index (χ0) is 23.3. The average Bonchev–Trinajstić information content (AvgIpc) is 3.23. The van der Waals surface area contributed by atoms with E-state index in [1.807, 2.05) is 13.8 Å². The van der Waals surface area contributed by atoms with Crippen molar-refractivity contribution in [1.82, 2.24) is 4.98 Å². The molecule has 0 aliphatic carbocycles. The van der Waals surface area contributed by atoms with Gasteiger partial charge in [0.2, 0.25) is 6.43 Å². The second-order valence-electron chi connectivity index (χ2n) is 5.73. The molecule has 0 radical (unpaired) electrons. The molecule has 0 amide bonds. The van der Waals surface area contributed by atoms with E-state index >= 15 is 0 Å². The molecule has 12 heteroatoms. The number of fused-ring (bicyclic) bond motifs is 1. The molecule has 0 bridgehead atoms. The van der Waals surface area contributed by atoms with E-state index in [0.717, 1.165) is 11.3 Å². The number of thiophene rings is 1. The lowest BCUT2D eigenvalue weighted by molar-refractivity contribution is 0.0516. The van der Waals surface area contributed by atoms with Gasteiger partial charge in [-0.1, -0.05) is 25.4 Å². The molecule has 2 N–H and O–H groups in total. The molecule has 5 nitrogen and oxygen atoms in total. The van der Waals surface area contributed by atoms with Gasteiger partial charge >= 0.3 is 5.97 Å². The zero-order valence-corrected chi connectivity index (χ0v) is 19.0. The van der Waals surface area contributed by atoms with Gasteiger partial charge in [-0.2, -0.15) is 0 Å². The van der Waals surface area contributed by atoms with Gasteiger partial charge in [-0.25, -0.2) is 26.6 Å². The standard InChI is InChI=1S/C17H13ClF4N2O3S2.C2H6/c1-2-27-17(25)14-16(15-11(23-14)6-12(18)28-15)29(26)24-10-5-8(19)7(3-9(10)20)4-13(21)22;1-2/h3,5-6,13,23-24H,2,4H2,1H3;1-2H3. The van der Waals surface area contributed by atoms with E-state index in [4.69, 9.17) is 16.3 Å². The Morgan fingerprint density at radius 1 is 1.26 bits per heavy atom. The summed E-state index contributed by atoms with van der Waals surface area (Å²) in [5.41, 5.74) is -0.710. The van der Waals surface area contributed by atoms with Crippen LogP contribution in [0.25, 0.3) is 10.2 Å². The summed E-state index contributed by atoms with van der Waals surface area (Å²) in [6, 6.07) is 2.77. The number of esters is 1. The van der Waals surface area contributed by atoms with Gasteiger partial charge in [0.05, 0.1) is 26.8 Å². The molecule has 31 heavy (non-hydrogen) atoms. The third-order valence-corrected chi connectivity index (χ3v) is 6.37. The molecule has 1 aromatic carbocycles. The largest absolute Gasteiger partial charge is 0.461 e. The van der Waals surface area contributed by atoms with Crippen LogP contribution in [0.1, 0.15) is 36.8 Å². The number of carbonyl (C=O) groups excluding carboxylic acids is 1. The number of H-pyrrole nitrogens is 1. The van der Waals surface area contributed by atoms with Crippen LogP contribution in [0.15, 0.2) is 23.1 Å². The van der Waals surface area contributed by atoms with Gasteiger partial charge in [-0.15, -0.1) is 11.3 Å². The number of benzene rings is 1. The predicted octanol–water partition coefficient (Wildman–Crippen LogP) is 6.31. The fraction of sp³-hybridized carbons (Fsp3) is 0.316. The minimum Gasteiger partial charge on any atom is -0.461 e. The van der Waals surface area contributed by atoms with E-state index in [1.54, 1.807) is 6.92 Å². The molecule has 0 fully saturated rings. The van der Waals surface area contributed by atoms with E-state index in [9.17, 15) is 26.6 Å². The van der Waals surface area contributed by atoms with Crippen molar-refractivity contribution < 1.29 is 31.3 Å². The smallest absolute Gasteiger partial charge is 0.356 e. The Bertz CT molecular complexity index is 1100. The SMILES string of the molecule is CC.CCOC(=O)c1[nH]c2cc(Cl)sc2c1S(=O)Nc1cc(F)c(CC(F)F)cc1F. The third kappa shape index (κ3) is 5.78. The first-order chi connectivity index (χ1) is 14.7. The minimum absolute atomic E-state index is 0.0354. The predicted molar refractivity (Wildman–Crippen MR) is 115 cm³/mol. The van der Waals surface area contributed by atoms with Gasteiger partial charge in [-0.3, -0.25) is 4.72 Å². The molecule has 3 rings (SSSR count). The van der Waals surface area contributed by atoms with E-state index in [-0.39, 0.29) is 17.2 Å². The molecule has 0 spiro atoms. The van der Waals surface area contributed by atoms with Crippen molar-refractivity contribution in [3.05, 3.63) is 45.4 Å². The van der Waals surface area contributed by atoms with Crippen LogP contribution >= 0.6 is 22.9 Å². The second-order valence-corrected chi connectivity index (χ2v) is 8.57. The number of hydrogen-bond acceptors (Lipinski definition) is 4. The fourth-order valence-electron chi connectivity index (χ4n) is 2.59. The monoisotopic (exact) mass is 498 g/mol. The minimum atomic E-state index is -2.85. The number of hydrogen-bond donors (Lipinski definition) is 2. The van der Waals surface area contributed by atoms with Crippen molar-refractivity contribution in [2.75, 3.05) is 11.3 Å². The Kier molecular flexibility index (Phi) is 8.90. The van der Waals surface area contributed by atoms with Gasteiger partial charge in [0.15, 0.2) is 11.0 Å². The first kappa shape index (κ1) is 25.2. The molecule has 1 unspecified atom stereocenters. The van der Waals surface area contributed by atoms with Crippen molar-refractivity contribution in [2.45, 2.75) is 38.5 Å². The van der Waals surface area contributed by atoms with E-state index < -0.39 is 52.7 Å². The Labute approximate surface area is 187 Å². The highest BCUT2D eigenvalue weighted by Crippen LogP contribution is 2.36. The molecular weight excluding hydrogens is 480 g/mol. The van der Waals surface area contributed by atoms with Crippen LogP contribution in [0, 0.1) is 11.6 Å². The van der Waals surface area contributed by atoms with Crippen LogP contribution in [0.2, 0.25) is 4.34 Å². The molecule has 3 aromatic rings. The normalized spacial score (nSPS) is 11.9. The number of aromatic nitrogens is 1. The lowest BCUT2D eigenvalue weighted by atomic mass is 10.1. The number of rotatable bonds is 7. The van der Waals surface area contributed by atoms with Crippen LogP contribution in [0.5, 0.6) is 0 Å². The average molecular weight is 499 g/mol. The summed E-state index contributed by atoms with van der Waals surface area (Å²) in [6.45, 7) is 5.66. The maximum Gasteiger partial charge on any atom is 0.356 e. The van der Waals surface area contributed by atoms with Crippen molar-refractivity contribution >= 4 is 55.8 Å². The van der Waals surface area contributed by atoms with Crippen molar-refractivity contribution in [3.8, 4) is 0 Å². The molecule has 0 aliphatic heterocycles.